The fourth-order valence-electron chi connectivity index (χ4n) is 1.72. The van der Waals surface area contributed by atoms with Crippen LogP contribution in [-0.4, -0.2) is 47.9 Å². The zero-order valence-corrected chi connectivity index (χ0v) is 13.8. The largest absolute Gasteiger partial charge is 0.413 e. The second-order valence-corrected chi connectivity index (χ2v) is 9.30. The first-order valence-electron chi connectivity index (χ1n) is 6.53. The first-order chi connectivity index (χ1) is 10.2. The molecule has 2 nitrogen and oxygen atoms in total. The Bertz CT molecular complexity index is 539. The van der Waals surface area contributed by atoms with Gasteiger partial charge in [-0.05, 0) is 38.5 Å². The van der Waals surface area contributed by atoms with Crippen LogP contribution in [0.5, 0.6) is 0 Å². The molecule has 0 N–H and O–H groups in total. The first kappa shape index (κ1) is 19.9. The standard InChI is InChI=1S/C14H18F6O2S/c1-9(2)6-8-23(3,4)22-11(21)12(16)7-5-10(15)13(17,18)14(12,19)20/h5-7,10H,8H2,1-4H3. The van der Waals surface area contributed by atoms with E-state index in [2.05, 4.69) is 0 Å². The molecule has 0 aromatic carbocycles. The summed E-state index contributed by atoms with van der Waals surface area (Å²) in [4.78, 5) is 11.8. The van der Waals surface area contributed by atoms with Crippen molar-refractivity contribution in [3.05, 3.63) is 23.8 Å². The van der Waals surface area contributed by atoms with Gasteiger partial charge in [0.2, 0.25) is 0 Å². The van der Waals surface area contributed by atoms with Crippen LogP contribution in [0.4, 0.5) is 26.3 Å². The number of rotatable bonds is 4. The molecule has 0 aromatic heterocycles. The monoisotopic (exact) mass is 364 g/mol. The molecule has 2 atom stereocenters. The molecule has 0 aromatic rings. The maximum atomic E-state index is 14.4. The molecule has 0 heterocycles. The van der Waals surface area contributed by atoms with Crippen molar-refractivity contribution in [2.75, 3.05) is 18.3 Å². The summed E-state index contributed by atoms with van der Waals surface area (Å²) in [5.74, 6) is -12.9. The summed E-state index contributed by atoms with van der Waals surface area (Å²) in [6, 6.07) is 0. The van der Waals surface area contributed by atoms with Crippen molar-refractivity contribution in [3.8, 4) is 0 Å². The van der Waals surface area contributed by atoms with Crippen LogP contribution in [-0.2, 0) is 8.98 Å². The van der Waals surface area contributed by atoms with Crippen LogP contribution < -0.4 is 0 Å². The van der Waals surface area contributed by atoms with Gasteiger partial charge in [0.05, 0.1) is 0 Å². The van der Waals surface area contributed by atoms with Crippen molar-refractivity contribution in [1.29, 1.82) is 0 Å². The number of alkyl halides is 6. The summed E-state index contributed by atoms with van der Waals surface area (Å²) in [6.07, 6.45) is 0.780. The van der Waals surface area contributed by atoms with E-state index in [4.69, 9.17) is 4.18 Å². The van der Waals surface area contributed by atoms with E-state index in [1.165, 1.54) is 12.5 Å². The van der Waals surface area contributed by atoms with E-state index in [-0.39, 0.29) is 17.9 Å². The highest BCUT2D eigenvalue weighted by Crippen LogP contribution is 2.53. The molecular weight excluding hydrogens is 346 g/mol. The minimum absolute atomic E-state index is 0.0862. The fraction of sp³-hybridized carbons (Fsp3) is 0.643. The third-order valence-corrected chi connectivity index (χ3v) is 4.78. The minimum atomic E-state index is -5.56. The highest BCUT2D eigenvalue weighted by atomic mass is 32.3. The Morgan fingerprint density at radius 3 is 2.22 bits per heavy atom. The minimum Gasteiger partial charge on any atom is -0.413 e. The van der Waals surface area contributed by atoms with Gasteiger partial charge < -0.3 is 4.18 Å². The summed E-state index contributed by atoms with van der Waals surface area (Å²) in [5.41, 5.74) is -3.57. The third kappa shape index (κ3) is 3.54. The molecule has 1 aliphatic rings. The number of allylic oxidation sites excluding steroid dienone is 2. The topological polar surface area (TPSA) is 26.3 Å². The second-order valence-electron chi connectivity index (χ2n) is 5.93. The van der Waals surface area contributed by atoms with Gasteiger partial charge in [0, 0.05) is 5.75 Å². The maximum Gasteiger partial charge on any atom is 0.365 e. The van der Waals surface area contributed by atoms with E-state index in [0.29, 0.717) is 0 Å². The Balaban J connectivity index is 3.11. The number of hydrogen-bond acceptors (Lipinski definition) is 2. The summed E-state index contributed by atoms with van der Waals surface area (Å²) in [5, 5.41) is 0. The molecule has 0 aliphatic heterocycles. The Hall–Kier alpha value is -1.12. The molecule has 0 spiro atoms. The van der Waals surface area contributed by atoms with Gasteiger partial charge in [-0.3, -0.25) is 0 Å². The lowest BCUT2D eigenvalue weighted by atomic mass is 9.84. The van der Waals surface area contributed by atoms with Crippen LogP contribution in [0.2, 0.25) is 0 Å². The van der Waals surface area contributed by atoms with Crippen molar-refractivity contribution < 1.29 is 35.3 Å². The van der Waals surface area contributed by atoms with Crippen molar-refractivity contribution in [2.24, 2.45) is 0 Å². The number of halogens is 6. The van der Waals surface area contributed by atoms with Crippen LogP contribution in [0.3, 0.4) is 0 Å². The molecule has 0 bridgehead atoms. The van der Waals surface area contributed by atoms with Gasteiger partial charge in [-0.2, -0.15) is 17.6 Å². The van der Waals surface area contributed by atoms with E-state index in [0.717, 1.165) is 5.57 Å². The predicted molar refractivity (Wildman–Crippen MR) is 77.6 cm³/mol. The van der Waals surface area contributed by atoms with Crippen molar-refractivity contribution in [3.63, 3.8) is 0 Å². The molecule has 0 radical (unpaired) electrons. The van der Waals surface area contributed by atoms with Gasteiger partial charge in [0.15, 0.2) is 6.17 Å². The molecule has 0 saturated carbocycles. The van der Waals surface area contributed by atoms with Gasteiger partial charge >= 0.3 is 17.8 Å². The van der Waals surface area contributed by atoms with Crippen LogP contribution in [0.15, 0.2) is 23.8 Å². The number of hydrogen-bond donors (Lipinski definition) is 0. The Kier molecular flexibility index (Phi) is 5.26. The quantitative estimate of drug-likeness (QED) is 0.547. The lowest BCUT2D eigenvalue weighted by molar-refractivity contribution is -0.278. The van der Waals surface area contributed by atoms with E-state index in [1.54, 1.807) is 19.9 Å². The average molecular weight is 364 g/mol. The van der Waals surface area contributed by atoms with Gasteiger partial charge in [0.25, 0.3) is 5.67 Å². The SMILES string of the molecule is CC(C)=CCS(C)(C)OC(=O)C1(F)C=CC(F)C(F)(F)C1(F)F. The molecule has 134 valence electrons. The predicted octanol–water partition coefficient (Wildman–Crippen LogP) is 4.36. The molecule has 2 unspecified atom stereocenters. The second kappa shape index (κ2) is 6.07. The third-order valence-electron chi connectivity index (χ3n) is 3.21. The number of carbonyl (C=O) groups is 1. The molecule has 0 fully saturated rings. The smallest absolute Gasteiger partial charge is 0.365 e. The zero-order chi connectivity index (χ0) is 18.3. The molecule has 1 rings (SSSR count). The van der Waals surface area contributed by atoms with Gasteiger partial charge in [0.1, 0.15) is 0 Å². The zero-order valence-electron chi connectivity index (χ0n) is 13.0. The molecular formula is C14H18F6O2S. The first-order valence-corrected chi connectivity index (χ1v) is 9.08. The van der Waals surface area contributed by atoms with E-state index in [1.807, 2.05) is 0 Å². The lowest BCUT2D eigenvalue weighted by Gasteiger charge is -2.40. The van der Waals surface area contributed by atoms with Gasteiger partial charge in [-0.15, -0.1) is 0 Å². The highest BCUT2D eigenvalue weighted by molar-refractivity contribution is 8.29. The van der Waals surface area contributed by atoms with E-state index >= 15 is 0 Å². The van der Waals surface area contributed by atoms with Crippen LogP contribution in [0.1, 0.15) is 13.8 Å². The van der Waals surface area contributed by atoms with Crippen LogP contribution >= 0.6 is 10.3 Å². The Morgan fingerprint density at radius 2 is 1.74 bits per heavy atom. The highest BCUT2D eigenvalue weighted by Gasteiger charge is 2.77. The fourth-order valence-corrected chi connectivity index (χ4v) is 3.06. The van der Waals surface area contributed by atoms with E-state index in [9.17, 15) is 31.1 Å². The normalized spacial score (nSPS) is 29.7. The van der Waals surface area contributed by atoms with Gasteiger partial charge in [-0.1, -0.05) is 22.0 Å². The van der Waals surface area contributed by atoms with Gasteiger partial charge in [-0.25, -0.2) is 13.6 Å². The van der Waals surface area contributed by atoms with Crippen LogP contribution in [0, 0.1) is 0 Å². The number of carbonyl (C=O) groups excluding carboxylic acids is 1. The molecule has 9 heteroatoms. The van der Waals surface area contributed by atoms with Crippen molar-refractivity contribution in [2.45, 2.75) is 37.5 Å². The molecule has 1 aliphatic carbocycles. The van der Waals surface area contributed by atoms with Crippen molar-refractivity contribution >= 4 is 16.3 Å². The molecule has 0 amide bonds. The summed E-state index contributed by atoms with van der Waals surface area (Å²) >= 11 is 0. The lowest BCUT2D eigenvalue weighted by Crippen LogP contribution is -2.65. The molecule has 0 saturated heterocycles. The summed E-state index contributed by atoms with van der Waals surface area (Å²) in [6.45, 7) is 3.49. The summed E-state index contributed by atoms with van der Waals surface area (Å²) < 4.78 is 86.1. The van der Waals surface area contributed by atoms with E-state index < -0.39 is 40.0 Å². The molecule has 23 heavy (non-hydrogen) atoms. The Labute approximate surface area is 132 Å². The van der Waals surface area contributed by atoms with Crippen molar-refractivity contribution in [1.82, 2.24) is 0 Å². The van der Waals surface area contributed by atoms with Crippen LogP contribution in [0.25, 0.3) is 0 Å². The Morgan fingerprint density at radius 1 is 1.22 bits per heavy atom. The average Bonchev–Trinajstić information content (AvgIpc) is 2.39. The maximum absolute atomic E-state index is 14.4. The summed E-state index contributed by atoms with van der Waals surface area (Å²) in [7, 11) is -2.34.